The molecule has 0 spiro atoms. The molecule has 1 amide bonds. The van der Waals surface area contributed by atoms with Crippen LogP contribution in [0.1, 0.15) is 12.2 Å². The van der Waals surface area contributed by atoms with Crippen molar-refractivity contribution in [3.63, 3.8) is 0 Å². The average molecular weight is 197 g/mol. The van der Waals surface area contributed by atoms with Gasteiger partial charge in [-0.1, -0.05) is 0 Å². The lowest BCUT2D eigenvalue weighted by Crippen LogP contribution is -2.26. The van der Waals surface area contributed by atoms with Crippen LogP contribution in [0.2, 0.25) is 0 Å². The van der Waals surface area contributed by atoms with Gasteiger partial charge in [0.15, 0.2) is 0 Å². The first kappa shape index (κ1) is 10.8. The molecule has 0 saturated heterocycles. The summed E-state index contributed by atoms with van der Waals surface area (Å²) < 4.78 is 9.91. The average Bonchev–Trinajstić information content (AvgIpc) is 2.68. The zero-order valence-corrected chi connectivity index (χ0v) is 8.29. The van der Waals surface area contributed by atoms with Gasteiger partial charge in [-0.3, -0.25) is 4.79 Å². The Balaban J connectivity index is 2.09. The molecule has 0 unspecified atom stereocenters. The summed E-state index contributed by atoms with van der Waals surface area (Å²) in [4.78, 5) is 11.2. The summed E-state index contributed by atoms with van der Waals surface area (Å²) in [5.41, 5.74) is 0. The Kier molecular flexibility index (Phi) is 4.78. The van der Waals surface area contributed by atoms with Crippen molar-refractivity contribution in [1.82, 2.24) is 5.32 Å². The van der Waals surface area contributed by atoms with E-state index in [1.807, 2.05) is 12.1 Å². The maximum atomic E-state index is 11.2. The van der Waals surface area contributed by atoms with E-state index in [0.717, 1.165) is 5.76 Å². The van der Waals surface area contributed by atoms with E-state index in [2.05, 4.69) is 5.32 Å². The highest BCUT2D eigenvalue weighted by atomic mass is 16.5. The monoisotopic (exact) mass is 197 g/mol. The molecule has 0 aromatic carbocycles. The van der Waals surface area contributed by atoms with Gasteiger partial charge in [0.05, 0.1) is 12.9 Å². The van der Waals surface area contributed by atoms with E-state index >= 15 is 0 Å². The first-order valence-corrected chi connectivity index (χ1v) is 4.61. The van der Waals surface area contributed by atoms with Crippen molar-refractivity contribution >= 4 is 5.91 Å². The molecule has 14 heavy (non-hydrogen) atoms. The second-order valence-electron chi connectivity index (χ2n) is 2.92. The second-order valence-corrected chi connectivity index (χ2v) is 2.92. The van der Waals surface area contributed by atoms with Gasteiger partial charge in [0, 0.05) is 26.5 Å². The number of amides is 1. The van der Waals surface area contributed by atoms with E-state index in [4.69, 9.17) is 9.15 Å². The molecule has 1 aromatic rings. The van der Waals surface area contributed by atoms with E-state index in [-0.39, 0.29) is 5.91 Å². The Morgan fingerprint density at radius 1 is 1.64 bits per heavy atom. The van der Waals surface area contributed by atoms with Crippen LogP contribution in [0.25, 0.3) is 0 Å². The van der Waals surface area contributed by atoms with Crippen LogP contribution in [-0.2, 0) is 16.0 Å². The normalized spacial score (nSPS) is 10.1. The number of methoxy groups -OCH3 is 1. The van der Waals surface area contributed by atoms with Gasteiger partial charge in [-0.2, -0.15) is 0 Å². The van der Waals surface area contributed by atoms with Gasteiger partial charge in [0.1, 0.15) is 5.76 Å². The van der Waals surface area contributed by atoms with Crippen molar-refractivity contribution in [3.05, 3.63) is 24.2 Å². The third-order valence-corrected chi connectivity index (χ3v) is 1.81. The molecule has 0 fully saturated rings. The molecule has 1 N–H and O–H groups in total. The third kappa shape index (κ3) is 4.09. The summed E-state index contributed by atoms with van der Waals surface area (Å²) in [6.45, 7) is 1.11. The van der Waals surface area contributed by atoms with Crippen molar-refractivity contribution in [1.29, 1.82) is 0 Å². The number of aryl methyl sites for hydroxylation is 1. The number of rotatable bonds is 6. The number of hydrogen-bond donors (Lipinski definition) is 1. The highest BCUT2D eigenvalue weighted by Gasteiger charge is 2.02. The lowest BCUT2D eigenvalue weighted by atomic mass is 10.2. The topological polar surface area (TPSA) is 51.5 Å². The minimum Gasteiger partial charge on any atom is -0.469 e. The lowest BCUT2D eigenvalue weighted by molar-refractivity contribution is -0.121. The van der Waals surface area contributed by atoms with Crippen LogP contribution in [-0.4, -0.2) is 26.2 Å². The molecule has 0 aliphatic rings. The minimum absolute atomic E-state index is 0.0263. The highest BCUT2D eigenvalue weighted by molar-refractivity contribution is 5.76. The number of ether oxygens (including phenoxy) is 1. The Labute approximate surface area is 83.2 Å². The number of nitrogens with one attached hydrogen (secondary N) is 1. The molecule has 0 radical (unpaired) electrons. The van der Waals surface area contributed by atoms with Crippen LogP contribution in [0, 0.1) is 0 Å². The van der Waals surface area contributed by atoms with Gasteiger partial charge in [-0.25, -0.2) is 0 Å². The fourth-order valence-corrected chi connectivity index (χ4v) is 1.07. The van der Waals surface area contributed by atoms with Gasteiger partial charge < -0.3 is 14.5 Å². The van der Waals surface area contributed by atoms with Crippen LogP contribution in [0.4, 0.5) is 0 Å². The van der Waals surface area contributed by atoms with Crippen molar-refractivity contribution in [2.75, 3.05) is 20.3 Å². The summed E-state index contributed by atoms with van der Waals surface area (Å²) in [6.07, 6.45) is 2.71. The third-order valence-electron chi connectivity index (χ3n) is 1.81. The first-order valence-electron chi connectivity index (χ1n) is 4.61. The molecule has 0 saturated carbocycles. The zero-order chi connectivity index (χ0) is 10.2. The fourth-order valence-electron chi connectivity index (χ4n) is 1.07. The van der Waals surface area contributed by atoms with Gasteiger partial charge in [0.25, 0.3) is 0 Å². The molecule has 0 atom stereocenters. The number of furan rings is 1. The van der Waals surface area contributed by atoms with Crippen LogP contribution < -0.4 is 5.32 Å². The van der Waals surface area contributed by atoms with E-state index in [0.29, 0.717) is 26.0 Å². The van der Waals surface area contributed by atoms with E-state index < -0.39 is 0 Å². The van der Waals surface area contributed by atoms with Crippen LogP contribution >= 0.6 is 0 Å². The smallest absolute Gasteiger partial charge is 0.220 e. The van der Waals surface area contributed by atoms with Gasteiger partial charge >= 0.3 is 0 Å². The van der Waals surface area contributed by atoms with Crippen LogP contribution in [0.5, 0.6) is 0 Å². The predicted molar refractivity (Wildman–Crippen MR) is 51.9 cm³/mol. The van der Waals surface area contributed by atoms with E-state index in [1.54, 1.807) is 13.4 Å². The zero-order valence-electron chi connectivity index (χ0n) is 8.29. The van der Waals surface area contributed by atoms with Crippen molar-refractivity contribution in [3.8, 4) is 0 Å². The molecular weight excluding hydrogens is 182 g/mol. The molecule has 0 aliphatic carbocycles. The van der Waals surface area contributed by atoms with Crippen molar-refractivity contribution in [2.24, 2.45) is 0 Å². The Hall–Kier alpha value is -1.29. The summed E-state index contributed by atoms with van der Waals surface area (Å²) in [7, 11) is 1.61. The van der Waals surface area contributed by atoms with Gasteiger partial charge in [-0.05, 0) is 12.1 Å². The molecule has 0 aliphatic heterocycles. The molecule has 4 heteroatoms. The molecule has 1 rings (SSSR count). The molecule has 78 valence electrons. The summed E-state index contributed by atoms with van der Waals surface area (Å²) in [6, 6.07) is 3.68. The maximum absolute atomic E-state index is 11.2. The lowest BCUT2D eigenvalue weighted by Gasteiger charge is -2.02. The predicted octanol–water partition coefficient (Wildman–Crippen LogP) is 0.975. The summed E-state index contributed by atoms with van der Waals surface area (Å²) in [5, 5.41) is 2.74. The van der Waals surface area contributed by atoms with E-state index in [1.165, 1.54) is 0 Å². The van der Waals surface area contributed by atoms with Crippen molar-refractivity contribution in [2.45, 2.75) is 12.8 Å². The summed E-state index contributed by atoms with van der Waals surface area (Å²) in [5.74, 6) is 0.866. The molecule has 4 nitrogen and oxygen atoms in total. The Morgan fingerprint density at radius 3 is 3.14 bits per heavy atom. The number of carbonyl (C=O) groups excluding carboxylic acids is 1. The first-order chi connectivity index (χ1) is 6.83. The standard InChI is InChI=1S/C10H15NO3/c1-13-8-6-11-10(12)5-4-9-3-2-7-14-9/h2-3,7H,4-6,8H2,1H3,(H,11,12). The van der Waals surface area contributed by atoms with Crippen LogP contribution in [0.3, 0.4) is 0 Å². The van der Waals surface area contributed by atoms with E-state index in [9.17, 15) is 4.79 Å². The van der Waals surface area contributed by atoms with Gasteiger partial charge in [0.2, 0.25) is 5.91 Å². The molecule has 1 heterocycles. The highest BCUT2D eigenvalue weighted by Crippen LogP contribution is 2.02. The SMILES string of the molecule is COCCNC(=O)CCc1ccco1. The fraction of sp³-hybridized carbons (Fsp3) is 0.500. The minimum atomic E-state index is 0.0263. The maximum Gasteiger partial charge on any atom is 0.220 e. The molecule has 1 aromatic heterocycles. The Morgan fingerprint density at radius 2 is 2.50 bits per heavy atom. The molecule has 0 bridgehead atoms. The Bertz CT molecular complexity index is 256. The largest absolute Gasteiger partial charge is 0.469 e. The van der Waals surface area contributed by atoms with Crippen molar-refractivity contribution < 1.29 is 13.9 Å². The van der Waals surface area contributed by atoms with Crippen LogP contribution in [0.15, 0.2) is 22.8 Å². The quantitative estimate of drug-likeness (QED) is 0.691. The van der Waals surface area contributed by atoms with Gasteiger partial charge in [-0.15, -0.1) is 0 Å². The number of carbonyl (C=O) groups is 1. The summed E-state index contributed by atoms with van der Waals surface area (Å²) >= 11 is 0. The molecular formula is C10H15NO3. The number of hydrogen-bond acceptors (Lipinski definition) is 3. The second kappa shape index (κ2) is 6.21.